The topological polar surface area (TPSA) is 87.1 Å². The van der Waals surface area contributed by atoms with Crippen molar-refractivity contribution in [3.05, 3.63) is 79.5 Å². The van der Waals surface area contributed by atoms with E-state index >= 15 is 0 Å². The van der Waals surface area contributed by atoms with Crippen LogP contribution in [0.1, 0.15) is 38.3 Å². The van der Waals surface area contributed by atoms with Gasteiger partial charge in [-0.25, -0.2) is 14.6 Å². The van der Waals surface area contributed by atoms with E-state index in [1.54, 1.807) is 11.6 Å². The van der Waals surface area contributed by atoms with Crippen molar-refractivity contribution in [2.45, 2.75) is 52.7 Å². The number of imidazole rings is 1. The average Bonchev–Trinajstić information content (AvgIpc) is 3.19. The standard InChI is InChI=1S/C29H32N6O3/c1-5-33-24-16-19-9-12-30-26(21(19)17-25(24)34(6-2)29(33)38)32-13-10-20(11-14-32)35-27(36)22-15-18(3)7-8-23(22)31(4)28(35)37/h7-9,12,15-17,20H,5-6,10-11,13-14H2,1-4H3. The van der Waals surface area contributed by atoms with Crippen LogP contribution in [-0.2, 0) is 20.1 Å². The molecule has 4 heterocycles. The van der Waals surface area contributed by atoms with Crippen molar-refractivity contribution in [3.63, 3.8) is 0 Å². The van der Waals surface area contributed by atoms with Crippen LogP contribution in [-0.4, -0.2) is 36.3 Å². The third kappa shape index (κ3) is 3.52. The lowest BCUT2D eigenvalue weighted by Gasteiger charge is -2.34. The molecule has 2 aromatic carbocycles. The minimum atomic E-state index is -0.270. The van der Waals surface area contributed by atoms with Crippen molar-refractivity contribution in [2.24, 2.45) is 7.05 Å². The highest BCUT2D eigenvalue weighted by Crippen LogP contribution is 2.32. The number of anilines is 1. The molecule has 9 heteroatoms. The van der Waals surface area contributed by atoms with E-state index in [4.69, 9.17) is 4.98 Å². The molecule has 1 saturated heterocycles. The van der Waals surface area contributed by atoms with Crippen molar-refractivity contribution in [2.75, 3.05) is 18.0 Å². The van der Waals surface area contributed by atoms with Crippen molar-refractivity contribution in [3.8, 4) is 0 Å². The number of aryl methyl sites for hydroxylation is 4. The van der Waals surface area contributed by atoms with Gasteiger partial charge in [0, 0.05) is 50.9 Å². The fourth-order valence-corrected chi connectivity index (χ4v) is 6.08. The molecule has 3 aromatic heterocycles. The summed E-state index contributed by atoms with van der Waals surface area (Å²) in [6.07, 6.45) is 3.14. The molecule has 38 heavy (non-hydrogen) atoms. The zero-order valence-corrected chi connectivity index (χ0v) is 22.3. The van der Waals surface area contributed by atoms with Crippen LogP contribution in [0.5, 0.6) is 0 Å². The second-order valence-electron chi connectivity index (χ2n) is 10.2. The second kappa shape index (κ2) is 9.01. The van der Waals surface area contributed by atoms with E-state index in [-0.39, 0.29) is 23.0 Å². The highest BCUT2D eigenvalue weighted by Gasteiger charge is 2.26. The van der Waals surface area contributed by atoms with Gasteiger partial charge in [-0.05, 0) is 69.3 Å². The van der Waals surface area contributed by atoms with E-state index in [2.05, 4.69) is 17.0 Å². The molecule has 196 valence electrons. The summed E-state index contributed by atoms with van der Waals surface area (Å²) in [5.41, 5.74) is 3.03. The first-order chi connectivity index (χ1) is 18.3. The van der Waals surface area contributed by atoms with Gasteiger partial charge in [0.2, 0.25) is 0 Å². The Bertz CT molecular complexity index is 1900. The van der Waals surface area contributed by atoms with Gasteiger partial charge in [-0.15, -0.1) is 0 Å². The lowest BCUT2D eigenvalue weighted by Crippen LogP contribution is -2.45. The van der Waals surface area contributed by atoms with Crippen molar-refractivity contribution in [1.82, 2.24) is 23.3 Å². The molecule has 9 nitrogen and oxygen atoms in total. The normalized spacial score (nSPS) is 14.8. The Hall–Kier alpha value is -4.14. The number of fused-ring (bicyclic) bond motifs is 3. The molecule has 6 rings (SSSR count). The summed E-state index contributed by atoms with van der Waals surface area (Å²) in [5.74, 6) is 0.872. The van der Waals surface area contributed by atoms with Gasteiger partial charge in [0.15, 0.2) is 0 Å². The van der Waals surface area contributed by atoms with E-state index in [1.165, 1.54) is 4.57 Å². The molecule has 0 N–H and O–H groups in total. The van der Waals surface area contributed by atoms with Crippen molar-refractivity contribution < 1.29 is 0 Å². The Morgan fingerprint density at radius 3 is 2.21 bits per heavy atom. The minimum Gasteiger partial charge on any atom is -0.356 e. The number of nitrogens with zero attached hydrogens (tertiary/aromatic N) is 6. The summed E-state index contributed by atoms with van der Waals surface area (Å²) < 4.78 is 6.65. The SMILES string of the molecule is CCn1c(=O)n(CC)c2cc3c(N4CCC(n5c(=O)c6cc(C)ccc6n(C)c5=O)CC4)nccc3cc21. The fraction of sp³-hybridized carbons (Fsp3) is 0.379. The summed E-state index contributed by atoms with van der Waals surface area (Å²) >= 11 is 0. The lowest BCUT2D eigenvalue weighted by atomic mass is 10.0. The van der Waals surface area contributed by atoms with Gasteiger partial charge in [0.05, 0.1) is 21.9 Å². The van der Waals surface area contributed by atoms with Crippen LogP contribution in [0.15, 0.2) is 57.0 Å². The van der Waals surface area contributed by atoms with Crippen LogP contribution in [0.2, 0.25) is 0 Å². The van der Waals surface area contributed by atoms with Crippen LogP contribution < -0.4 is 21.8 Å². The number of pyridine rings is 1. The van der Waals surface area contributed by atoms with Gasteiger partial charge in [0.25, 0.3) is 5.56 Å². The Labute approximate surface area is 219 Å². The summed E-state index contributed by atoms with van der Waals surface area (Å²) in [4.78, 5) is 46.5. The zero-order valence-electron chi connectivity index (χ0n) is 22.3. The maximum atomic E-state index is 13.4. The lowest BCUT2D eigenvalue weighted by molar-refractivity contribution is 0.371. The predicted molar refractivity (Wildman–Crippen MR) is 152 cm³/mol. The first-order valence-electron chi connectivity index (χ1n) is 13.3. The van der Waals surface area contributed by atoms with E-state index in [0.29, 0.717) is 49.9 Å². The zero-order chi connectivity index (χ0) is 26.7. The first-order valence-corrected chi connectivity index (χ1v) is 13.3. The number of rotatable bonds is 4. The third-order valence-electron chi connectivity index (χ3n) is 8.10. The van der Waals surface area contributed by atoms with Crippen LogP contribution in [0.4, 0.5) is 5.82 Å². The van der Waals surface area contributed by atoms with Gasteiger partial charge in [-0.3, -0.25) is 23.1 Å². The van der Waals surface area contributed by atoms with E-state index in [1.807, 2.05) is 60.4 Å². The smallest absolute Gasteiger partial charge is 0.331 e. The number of hydrogen-bond acceptors (Lipinski definition) is 5. The minimum absolute atomic E-state index is 0.00762. The van der Waals surface area contributed by atoms with Crippen LogP contribution >= 0.6 is 0 Å². The summed E-state index contributed by atoms with van der Waals surface area (Å²) in [6.45, 7) is 8.49. The summed E-state index contributed by atoms with van der Waals surface area (Å²) in [5, 5.41) is 2.62. The fourth-order valence-electron chi connectivity index (χ4n) is 6.08. The van der Waals surface area contributed by atoms with Gasteiger partial charge in [0.1, 0.15) is 5.82 Å². The van der Waals surface area contributed by atoms with Crippen molar-refractivity contribution in [1.29, 1.82) is 0 Å². The highest BCUT2D eigenvalue weighted by atomic mass is 16.2. The predicted octanol–water partition coefficient (Wildman–Crippen LogP) is 3.55. The van der Waals surface area contributed by atoms with Gasteiger partial charge < -0.3 is 4.90 Å². The molecule has 0 amide bonds. The molecule has 1 aliphatic heterocycles. The van der Waals surface area contributed by atoms with Crippen LogP contribution in [0.25, 0.3) is 32.7 Å². The molecule has 0 bridgehead atoms. The molecule has 1 fully saturated rings. The van der Waals surface area contributed by atoms with Crippen LogP contribution in [0, 0.1) is 6.92 Å². The maximum Gasteiger partial charge on any atom is 0.331 e. The largest absolute Gasteiger partial charge is 0.356 e. The molecule has 5 aromatic rings. The molecule has 0 aliphatic carbocycles. The Morgan fingerprint density at radius 2 is 1.53 bits per heavy atom. The third-order valence-corrected chi connectivity index (χ3v) is 8.10. The van der Waals surface area contributed by atoms with E-state index in [0.717, 1.165) is 33.2 Å². The quantitative estimate of drug-likeness (QED) is 0.368. The molecule has 0 unspecified atom stereocenters. The average molecular weight is 513 g/mol. The summed E-state index contributed by atoms with van der Waals surface area (Å²) in [6, 6.07) is 11.6. The van der Waals surface area contributed by atoms with Crippen LogP contribution in [0.3, 0.4) is 0 Å². The number of benzene rings is 2. The number of piperidine rings is 1. The highest BCUT2D eigenvalue weighted by molar-refractivity contribution is 6.01. The Balaban J connectivity index is 1.38. The molecule has 0 saturated carbocycles. The van der Waals surface area contributed by atoms with E-state index in [9.17, 15) is 14.4 Å². The molecular weight excluding hydrogens is 480 g/mol. The second-order valence-corrected chi connectivity index (χ2v) is 10.2. The van der Waals surface area contributed by atoms with Gasteiger partial charge in [-0.2, -0.15) is 0 Å². The first kappa shape index (κ1) is 24.2. The van der Waals surface area contributed by atoms with E-state index < -0.39 is 0 Å². The Kier molecular flexibility index (Phi) is 5.74. The van der Waals surface area contributed by atoms with Crippen molar-refractivity contribution >= 4 is 38.5 Å². The monoisotopic (exact) mass is 512 g/mol. The van der Waals surface area contributed by atoms with Gasteiger partial charge in [-0.1, -0.05) is 11.6 Å². The molecule has 1 aliphatic rings. The molecule has 0 spiro atoms. The number of hydrogen-bond donors (Lipinski definition) is 0. The Morgan fingerprint density at radius 1 is 0.842 bits per heavy atom. The molecule has 0 radical (unpaired) electrons. The number of aromatic nitrogens is 5. The van der Waals surface area contributed by atoms with Gasteiger partial charge >= 0.3 is 11.4 Å². The molecular formula is C29H32N6O3. The molecule has 0 atom stereocenters. The maximum absolute atomic E-state index is 13.4. The summed E-state index contributed by atoms with van der Waals surface area (Å²) in [7, 11) is 1.73.